The Morgan fingerprint density at radius 1 is 1.30 bits per heavy atom. The summed E-state index contributed by atoms with van der Waals surface area (Å²) in [4.78, 5) is 0. The van der Waals surface area contributed by atoms with Crippen LogP contribution in [0.4, 0.5) is 0 Å². The molecule has 0 aliphatic carbocycles. The molecule has 0 unspecified atom stereocenters. The molecular formula is C6H14NO2S. The second-order valence-corrected chi connectivity index (χ2v) is 5.27. The minimum Gasteiger partial charge on any atom is -0.211 e. The predicted octanol–water partition coefficient (Wildman–Crippen LogP) is 1.04. The van der Waals surface area contributed by atoms with Crippen molar-refractivity contribution in [1.29, 1.82) is 0 Å². The molecule has 0 aliphatic heterocycles. The van der Waals surface area contributed by atoms with Crippen LogP contribution in [0.3, 0.4) is 0 Å². The standard InChI is InChI=1S/C6H14NO2S/c1-6(2,3)4-5-10(7,8)9/h7H,4-5H2,1-3H3. The molecule has 4 heteroatoms. The van der Waals surface area contributed by atoms with Crippen molar-refractivity contribution in [1.82, 2.24) is 5.14 Å². The molecule has 61 valence electrons. The van der Waals surface area contributed by atoms with E-state index in [1.165, 1.54) is 0 Å². The molecule has 0 atom stereocenters. The quantitative estimate of drug-likeness (QED) is 0.612. The van der Waals surface area contributed by atoms with Gasteiger partial charge in [-0.25, -0.2) is 8.42 Å². The van der Waals surface area contributed by atoms with E-state index in [1.807, 2.05) is 20.8 Å². The molecule has 10 heavy (non-hydrogen) atoms. The zero-order valence-electron chi connectivity index (χ0n) is 6.64. The zero-order valence-corrected chi connectivity index (χ0v) is 7.46. The molecule has 0 spiro atoms. The van der Waals surface area contributed by atoms with Gasteiger partial charge in [-0.2, -0.15) is 0 Å². The minimum absolute atomic E-state index is 0.00806. The van der Waals surface area contributed by atoms with Gasteiger partial charge in [-0.3, -0.25) is 0 Å². The molecule has 0 rings (SSSR count). The summed E-state index contributed by atoms with van der Waals surface area (Å²) in [6.45, 7) is 5.87. The van der Waals surface area contributed by atoms with Gasteiger partial charge in [-0.05, 0) is 11.8 Å². The summed E-state index contributed by atoms with van der Waals surface area (Å²) in [5.74, 6) is -0.0312. The average Bonchev–Trinajstić information content (AvgIpc) is 1.57. The van der Waals surface area contributed by atoms with E-state index >= 15 is 0 Å². The number of sulfonamides is 1. The maximum Gasteiger partial charge on any atom is 0.225 e. The Hall–Kier alpha value is -0.0900. The Morgan fingerprint density at radius 3 is 1.80 bits per heavy atom. The van der Waals surface area contributed by atoms with E-state index < -0.39 is 10.0 Å². The van der Waals surface area contributed by atoms with Gasteiger partial charge < -0.3 is 0 Å². The number of hydrogen-bond acceptors (Lipinski definition) is 2. The van der Waals surface area contributed by atoms with Crippen molar-refractivity contribution in [2.45, 2.75) is 27.2 Å². The Labute approximate surface area is 62.7 Å². The molecular weight excluding hydrogens is 150 g/mol. The fraction of sp³-hybridized carbons (Fsp3) is 1.00. The van der Waals surface area contributed by atoms with E-state index in [9.17, 15) is 8.42 Å². The first kappa shape index (κ1) is 9.91. The van der Waals surface area contributed by atoms with Crippen LogP contribution in [0.2, 0.25) is 0 Å². The van der Waals surface area contributed by atoms with Gasteiger partial charge in [0.05, 0.1) is 5.75 Å². The highest BCUT2D eigenvalue weighted by atomic mass is 32.2. The monoisotopic (exact) mass is 164 g/mol. The summed E-state index contributed by atoms with van der Waals surface area (Å²) in [5.41, 5.74) is 0.00806. The van der Waals surface area contributed by atoms with Gasteiger partial charge in [0.25, 0.3) is 0 Å². The molecule has 0 fully saturated rings. The van der Waals surface area contributed by atoms with Gasteiger partial charge in [0.2, 0.25) is 10.0 Å². The van der Waals surface area contributed by atoms with E-state index in [2.05, 4.69) is 0 Å². The summed E-state index contributed by atoms with van der Waals surface area (Å²) in [7, 11) is -3.51. The van der Waals surface area contributed by atoms with E-state index in [0.29, 0.717) is 6.42 Å². The van der Waals surface area contributed by atoms with Crippen molar-refractivity contribution in [2.75, 3.05) is 5.75 Å². The maximum absolute atomic E-state index is 10.3. The maximum atomic E-state index is 10.3. The molecule has 0 aromatic rings. The van der Waals surface area contributed by atoms with Crippen LogP contribution < -0.4 is 5.14 Å². The van der Waals surface area contributed by atoms with Crippen molar-refractivity contribution < 1.29 is 8.42 Å². The summed E-state index contributed by atoms with van der Waals surface area (Å²) in [6, 6.07) is 0. The lowest BCUT2D eigenvalue weighted by molar-refractivity contribution is 0.397. The molecule has 0 heterocycles. The molecule has 0 aliphatic rings. The first-order chi connectivity index (χ1) is 4.21. The van der Waals surface area contributed by atoms with Crippen molar-refractivity contribution in [3.8, 4) is 0 Å². The third-order valence-electron chi connectivity index (χ3n) is 1.12. The van der Waals surface area contributed by atoms with Gasteiger partial charge in [-0.1, -0.05) is 20.8 Å². The van der Waals surface area contributed by atoms with E-state index in [1.54, 1.807) is 0 Å². The summed E-state index contributed by atoms with van der Waals surface area (Å²) in [6.07, 6.45) is 0.554. The van der Waals surface area contributed by atoms with Crippen molar-refractivity contribution in [3.63, 3.8) is 0 Å². The lowest BCUT2D eigenvalue weighted by atomic mass is 9.94. The van der Waals surface area contributed by atoms with Crippen molar-refractivity contribution in [3.05, 3.63) is 0 Å². The Balaban J connectivity index is 3.79. The number of hydrogen-bond donors (Lipinski definition) is 0. The minimum atomic E-state index is -3.51. The highest BCUT2D eigenvalue weighted by molar-refractivity contribution is 7.88. The third-order valence-corrected chi connectivity index (χ3v) is 1.86. The summed E-state index contributed by atoms with van der Waals surface area (Å²) >= 11 is 0. The molecule has 0 aromatic heterocycles. The highest BCUT2D eigenvalue weighted by Crippen LogP contribution is 2.18. The van der Waals surface area contributed by atoms with E-state index in [4.69, 9.17) is 5.14 Å². The van der Waals surface area contributed by atoms with Gasteiger partial charge in [-0.15, -0.1) is 5.14 Å². The first-order valence-corrected chi connectivity index (χ1v) is 4.83. The molecule has 0 saturated heterocycles. The van der Waals surface area contributed by atoms with Gasteiger partial charge in [0.15, 0.2) is 0 Å². The molecule has 0 amide bonds. The average molecular weight is 164 g/mol. The van der Waals surface area contributed by atoms with Crippen LogP contribution in [0, 0.1) is 5.41 Å². The largest absolute Gasteiger partial charge is 0.225 e. The van der Waals surface area contributed by atoms with Gasteiger partial charge in [0, 0.05) is 0 Å². The predicted molar refractivity (Wildman–Crippen MR) is 41.0 cm³/mol. The van der Waals surface area contributed by atoms with Crippen LogP contribution in [-0.4, -0.2) is 14.2 Å². The molecule has 1 radical (unpaired) electrons. The smallest absolute Gasteiger partial charge is 0.211 e. The fourth-order valence-electron chi connectivity index (χ4n) is 0.441. The van der Waals surface area contributed by atoms with Crippen LogP contribution in [0.1, 0.15) is 27.2 Å². The SMILES string of the molecule is CC(C)(C)CCS([NH])(=O)=O. The first-order valence-electron chi connectivity index (χ1n) is 3.18. The van der Waals surface area contributed by atoms with E-state index in [0.717, 1.165) is 0 Å². The summed E-state index contributed by atoms with van der Waals surface area (Å²) in [5, 5.41) is 6.58. The lowest BCUT2D eigenvalue weighted by Gasteiger charge is -2.16. The lowest BCUT2D eigenvalue weighted by Crippen LogP contribution is -2.14. The topological polar surface area (TPSA) is 57.9 Å². The van der Waals surface area contributed by atoms with Crippen molar-refractivity contribution >= 4 is 10.0 Å². The number of rotatable bonds is 2. The van der Waals surface area contributed by atoms with Gasteiger partial charge in [0.1, 0.15) is 0 Å². The van der Waals surface area contributed by atoms with Crippen LogP contribution in [0.5, 0.6) is 0 Å². The van der Waals surface area contributed by atoms with Crippen molar-refractivity contribution in [2.24, 2.45) is 5.41 Å². The third kappa shape index (κ3) is 7.91. The highest BCUT2D eigenvalue weighted by Gasteiger charge is 2.14. The molecule has 1 N–H and O–H groups in total. The Morgan fingerprint density at radius 2 is 1.70 bits per heavy atom. The molecule has 0 saturated carbocycles. The van der Waals surface area contributed by atoms with Crippen LogP contribution >= 0.6 is 0 Å². The Bertz CT molecular complexity index is 188. The van der Waals surface area contributed by atoms with Crippen LogP contribution in [0.25, 0.3) is 0 Å². The molecule has 0 aromatic carbocycles. The number of nitrogens with one attached hydrogen (secondary N) is 1. The van der Waals surface area contributed by atoms with Gasteiger partial charge >= 0.3 is 0 Å². The fourth-order valence-corrected chi connectivity index (χ4v) is 1.32. The summed E-state index contributed by atoms with van der Waals surface area (Å²) < 4.78 is 20.7. The zero-order chi connectivity index (χ0) is 8.41. The Kier molecular flexibility index (Phi) is 2.86. The molecule has 3 nitrogen and oxygen atoms in total. The normalized spacial score (nSPS) is 13.6. The van der Waals surface area contributed by atoms with Crippen LogP contribution in [-0.2, 0) is 10.0 Å². The second kappa shape index (κ2) is 2.88. The van der Waals surface area contributed by atoms with E-state index in [-0.39, 0.29) is 11.2 Å². The van der Waals surface area contributed by atoms with Crippen LogP contribution in [0.15, 0.2) is 0 Å². The second-order valence-electron chi connectivity index (χ2n) is 3.63. The molecule has 0 bridgehead atoms.